The predicted octanol–water partition coefficient (Wildman–Crippen LogP) is 4.82. The maximum absolute atomic E-state index is 13.3. The highest BCUT2D eigenvalue weighted by molar-refractivity contribution is 5.82. The largest absolute Gasteiger partial charge is 0.485 e. The number of ether oxygens (including phenoxy) is 2. The number of aromatic nitrogens is 2. The molecule has 4 rings (SSSR count). The van der Waals surface area contributed by atoms with Gasteiger partial charge in [0.2, 0.25) is 6.10 Å². The smallest absolute Gasteiger partial charge is 0.416 e. The number of para-hydroxylation sites is 2. The molecule has 0 spiro atoms. The van der Waals surface area contributed by atoms with Crippen LogP contribution in [0.15, 0.2) is 54.9 Å². The Labute approximate surface area is 189 Å². The first kappa shape index (κ1) is 23.5. The molecule has 12 heteroatoms. The molecule has 1 aromatic heterocycles. The summed E-state index contributed by atoms with van der Waals surface area (Å²) in [5.74, 6) is 0.311. The quantitative estimate of drug-likeness (QED) is 0.527. The molecule has 34 heavy (non-hydrogen) atoms. The van der Waals surface area contributed by atoms with Crippen molar-refractivity contribution in [3.8, 4) is 11.5 Å². The van der Waals surface area contributed by atoms with Gasteiger partial charge in [0.25, 0.3) is 5.91 Å². The van der Waals surface area contributed by atoms with Crippen LogP contribution in [0.5, 0.6) is 11.5 Å². The minimum Gasteiger partial charge on any atom is -0.485 e. The Kier molecular flexibility index (Phi) is 6.15. The van der Waals surface area contributed by atoms with Crippen LogP contribution in [-0.2, 0) is 30.2 Å². The lowest BCUT2D eigenvalue weighted by atomic mass is 10.0. The molecule has 0 bridgehead atoms. The van der Waals surface area contributed by atoms with Crippen molar-refractivity contribution in [3.05, 3.63) is 77.4 Å². The van der Waals surface area contributed by atoms with Crippen molar-refractivity contribution < 1.29 is 40.6 Å². The molecule has 1 N–H and O–H groups in total. The Bertz CT molecular complexity index is 1130. The van der Waals surface area contributed by atoms with Gasteiger partial charge in [0.1, 0.15) is 12.4 Å². The van der Waals surface area contributed by atoms with E-state index >= 15 is 0 Å². The summed E-state index contributed by atoms with van der Waals surface area (Å²) >= 11 is 0. The van der Waals surface area contributed by atoms with E-state index in [0.717, 1.165) is 4.90 Å². The molecule has 180 valence electrons. The maximum atomic E-state index is 13.3. The molecule has 2 aromatic carbocycles. The molecule has 0 aliphatic carbocycles. The van der Waals surface area contributed by atoms with E-state index in [-0.39, 0.29) is 30.6 Å². The van der Waals surface area contributed by atoms with Gasteiger partial charge in [0.05, 0.1) is 17.7 Å². The highest BCUT2D eigenvalue weighted by Crippen LogP contribution is 2.37. The minimum absolute atomic E-state index is 0.0389. The number of fused-ring (bicyclic) bond motifs is 1. The highest BCUT2D eigenvalue weighted by atomic mass is 19.4. The molecule has 0 saturated heterocycles. The number of carbonyl (C=O) groups excluding carboxylic acids is 1. The topological polar surface area (TPSA) is 67.5 Å². The van der Waals surface area contributed by atoms with Gasteiger partial charge in [-0.1, -0.05) is 12.1 Å². The van der Waals surface area contributed by atoms with Crippen LogP contribution in [0.3, 0.4) is 0 Å². The number of hydrogen-bond acceptors (Lipinski definition) is 4. The summed E-state index contributed by atoms with van der Waals surface area (Å²) in [5, 5.41) is 0. The fourth-order valence-electron chi connectivity index (χ4n) is 3.45. The van der Waals surface area contributed by atoms with Crippen LogP contribution < -0.4 is 9.47 Å². The van der Waals surface area contributed by atoms with Crippen LogP contribution in [0, 0.1) is 0 Å². The van der Waals surface area contributed by atoms with Crippen LogP contribution in [-0.4, -0.2) is 33.5 Å². The van der Waals surface area contributed by atoms with Crippen molar-refractivity contribution in [2.24, 2.45) is 0 Å². The van der Waals surface area contributed by atoms with Crippen molar-refractivity contribution in [1.29, 1.82) is 0 Å². The summed E-state index contributed by atoms with van der Waals surface area (Å²) in [6.07, 6.45) is -8.29. The zero-order valence-electron chi connectivity index (χ0n) is 17.3. The van der Waals surface area contributed by atoms with Gasteiger partial charge in [-0.25, -0.2) is 4.98 Å². The average molecular weight is 485 g/mol. The van der Waals surface area contributed by atoms with Crippen molar-refractivity contribution >= 4 is 5.91 Å². The maximum Gasteiger partial charge on any atom is 0.416 e. The number of hydrogen-bond donors (Lipinski definition) is 1. The van der Waals surface area contributed by atoms with Gasteiger partial charge in [-0.15, -0.1) is 0 Å². The van der Waals surface area contributed by atoms with E-state index in [4.69, 9.17) is 9.47 Å². The van der Waals surface area contributed by atoms with Crippen molar-refractivity contribution in [3.63, 3.8) is 0 Å². The summed E-state index contributed by atoms with van der Waals surface area (Å²) in [7, 11) is 0. The molecule has 3 aromatic rings. The van der Waals surface area contributed by atoms with E-state index in [1.807, 2.05) is 0 Å². The Balaban J connectivity index is 1.65. The second-order valence-electron chi connectivity index (χ2n) is 7.51. The molecule has 6 nitrogen and oxygen atoms in total. The molecule has 1 amide bonds. The van der Waals surface area contributed by atoms with E-state index in [0.29, 0.717) is 23.6 Å². The molecule has 1 unspecified atom stereocenters. The second-order valence-corrected chi connectivity index (χ2v) is 7.51. The molecule has 1 atom stereocenters. The summed E-state index contributed by atoms with van der Waals surface area (Å²) in [6, 6.07) is 7.80. The molecular formula is C22H17F6N3O3. The number of imidazole rings is 1. The van der Waals surface area contributed by atoms with E-state index in [1.54, 1.807) is 24.3 Å². The number of nitrogens with zero attached hydrogens (tertiary/aromatic N) is 2. The predicted molar refractivity (Wildman–Crippen MR) is 106 cm³/mol. The van der Waals surface area contributed by atoms with E-state index in [9.17, 15) is 31.1 Å². The molecule has 1 aliphatic heterocycles. The number of amides is 1. The van der Waals surface area contributed by atoms with Gasteiger partial charge in [0.15, 0.2) is 11.5 Å². The summed E-state index contributed by atoms with van der Waals surface area (Å²) in [5.41, 5.74) is -3.28. The van der Waals surface area contributed by atoms with E-state index in [1.165, 1.54) is 12.4 Å². The van der Waals surface area contributed by atoms with Crippen LogP contribution >= 0.6 is 0 Å². The molecule has 0 saturated carbocycles. The highest BCUT2D eigenvalue weighted by Gasteiger charge is 2.38. The number of aromatic amines is 1. The Morgan fingerprint density at radius 2 is 1.65 bits per heavy atom. The Morgan fingerprint density at radius 1 is 1.00 bits per heavy atom. The monoisotopic (exact) mass is 485 g/mol. The Hall–Kier alpha value is -3.70. The van der Waals surface area contributed by atoms with Crippen LogP contribution in [0.25, 0.3) is 0 Å². The SMILES string of the molecule is O=C(C1COc2ccccc2O1)N(Cc1cc(C(F)(F)F)cc(C(F)(F)F)c1)Cc1ncc[nH]1. The lowest BCUT2D eigenvalue weighted by molar-refractivity contribution is -0.143. The number of nitrogens with one attached hydrogen (secondary N) is 1. The molecule has 0 radical (unpaired) electrons. The van der Waals surface area contributed by atoms with Crippen molar-refractivity contribution in [2.75, 3.05) is 6.61 Å². The van der Waals surface area contributed by atoms with Crippen molar-refractivity contribution in [1.82, 2.24) is 14.9 Å². The third kappa shape index (κ3) is 5.26. The van der Waals surface area contributed by atoms with Crippen molar-refractivity contribution in [2.45, 2.75) is 31.5 Å². The molecule has 2 heterocycles. The third-order valence-corrected chi connectivity index (χ3v) is 5.01. The second kappa shape index (κ2) is 8.92. The minimum atomic E-state index is -5.00. The first-order valence-electron chi connectivity index (χ1n) is 9.94. The van der Waals surface area contributed by atoms with Gasteiger partial charge < -0.3 is 19.4 Å². The number of H-pyrrole nitrogens is 1. The van der Waals surface area contributed by atoms with E-state index in [2.05, 4.69) is 9.97 Å². The summed E-state index contributed by atoms with van der Waals surface area (Å²) < 4.78 is 90.8. The first-order chi connectivity index (χ1) is 16.0. The first-order valence-corrected chi connectivity index (χ1v) is 9.94. The number of alkyl halides is 6. The van der Waals surface area contributed by atoms with Gasteiger partial charge in [0, 0.05) is 18.9 Å². The molecule has 1 aliphatic rings. The van der Waals surface area contributed by atoms with Gasteiger partial charge in [-0.05, 0) is 35.9 Å². The zero-order chi connectivity index (χ0) is 24.5. The normalized spacial score (nSPS) is 15.8. The summed E-state index contributed by atoms with van der Waals surface area (Å²) in [6.45, 7) is -0.931. The lowest BCUT2D eigenvalue weighted by Gasteiger charge is -2.30. The number of halogens is 6. The standard InChI is InChI=1S/C22H17F6N3O3/c23-21(24,25)14-7-13(8-15(9-14)22(26,27)28)10-31(11-19-29-5-6-30-19)20(32)18-12-33-16-3-1-2-4-17(16)34-18/h1-9,18H,10-12H2,(H,29,30). The lowest BCUT2D eigenvalue weighted by Crippen LogP contribution is -2.46. The van der Waals surface area contributed by atoms with Crippen LogP contribution in [0.2, 0.25) is 0 Å². The van der Waals surface area contributed by atoms with Crippen LogP contribution in [0.1, 0.15) is 22.5 Å². The number of carbonyl (C=O) groups is 1. The fraction of sp³-hybridized carbons (Fsp3) is 0.273. The zero-order valence-corrected chi connectivity index (χ0v) is 17.3. The van der Waals surface area contributed by atoms with Gasteiger partial charge in [-0.3, -0.25) is 4.79 Å². The third-order valence-electron chi connectivity index (χ3n) is 5.01. The number of rotatable bonds is 5. The number of benzene rings is 2. The van der Waals surface area contributed by atoms with E-state index < -0.39 is 42.0 Å². The van der Waals surface area contributed by atoms with Gasteiger partial charge >= 0.3 is 12.4 Å². The molecular weight excluding hydrogens is 468 g/mol. The van der Waals surface area contributed by atoms with Gasteiger partial charge in [-0.2, -0.15) is 26.3 Å². The Morgan fingerprint density at radius 3 is 2.24 bits per heavy atom. The molecule has 0 fully saturated rings. The van der Waals surface area contributed by atoms with Crippen LogP contribution in [0.4, 0.5) is 26.3 Å². The summed E-state index contributed by atoms with van der Waals surface area (Å²) in [4.78, 5) is 21.1. The average Bonchev–Trinajstić information content (AvgIpc) is 3.29. The fourth-order valence-corrected chi connectivity index (χ4v) is 3.45.